The molecule has 12 heavy (non-hydrogen) atoms. The van der Waals surface area contributed by atoms with E-state index in [2.05, 4.69) is 20.5 Å². The van der Waals surface area contributed by atoms with Gasteiger partial charge in [0, 0.05) is 5.92 Å². The number of amides is 1. The highest BCUT2D eigenvalue weighted by Gasteiger charge is 2.07. The monoisotopic (exact) mass is 170 g/mol. The first-order chi connectivity index (χ1) is 5.20. The Morgan fingerprint density at radius 3 is 2.75 bits per heavy atom. The van der Waals surface area contributed by atoms with Gasteiger partial charge < -0.3 is 0 Å². The van der Waals surface area contributed by atoms with Gasteiger partial charge in [0.05, 0.1) is 0 Å². The van der Waals surface area contributed by atoms with Gasteiger partial charge >= 0.3 is 0 Å². The molecule has 2 N–H and O–H groups in total. The Bertz CT molecular complexity index is 230. The number of aromatic amines is 1. The molecule has 0 saturated heterocycles. The molecular weight excluding hydrogens is 156 g/mol. The lowest BCUT2D eigenvalue weighted by molar-refractivity contribution is -0.118. The van der Waals surface area contributed by atoms with E-state index in [-0.39, 0.29) is 19.3 Å². The molecule has 0 fully saturated rings. The van der Waals surface area contributed by atoms with E-state index in [0.29, 0.717) is 5.95 Å². The van der Waals surface area contributed by atoms with Crippen LogP contribution in [0.5, 0.6) is 0 Å². The van der Waals surface area contributed by atoms with Crippen molar-refractivity contribution < 1.29 is 4.79 Å². The fourth-order valence-electron chi connectivity index (χ4n) is 0.527. The van der Waals surface area contributed by atoms with Crippen molar-refractivity contribution in [3.8, 4) is 0 Å². The van der Waals surface area contributed by atoms with E-state index in [1.165, 1.54) is 6.33 Å². The molecule has 0 radical (unpaired) electrons. The van der Waals surface area contributed by atoms with Crippen LogP contribution in [0.25, 0.3) is 0 Å². The fourth-order valence-corrected chi connectivity index (χ4v) is 0.527. The van der Waals surface area contributed by atoms with Crippen molar-refractivity contribution in [3.63, 3.8) is 0 Å². The zero-order valence-electron chi connectivity index (χ0n) is 6.46. The van der Waals surface area contributed by atoms with Gasteiger partial charge in [-0.1, -0.05) is 21.3 Å². The molecule has 0 aliphatic rings. The van der Waals surface area contributed by atoms with Crippen molar-refractivity contribution in [2.45, 2.75) is 21.3 Å². The zero-order chi connectivity index (χ0) is 8.27. The van der Waals surface area contributed by atoms with Crippen LogP contribution in [0.3, 0.4) is 0 Å². The molecule has 0 aliphatic carbocycles. The Labute approximate surface area is 71.6 Å². The molecule has 0 spiro atoms. The van der Waals surface area contributed by atoms with Gasteiger partial charge in [-0.15, -0.1) is 0 Å². The molecule has 1 rings (SSSR count). The predicted octanol–water partition coefficient (Wildman–Crippen LogP) is 1.04. The Morgan fingerprint density at radius 2 is 2.33 bits per heavy atom. The first kappa shape index (κ1) is 10.6. The van der Waals surface area contributed by atoms with Crippen LogP contribution in [0.4, 0.5) is 5.95 Å². The number of rotatable bonds is 2. The van der Waals surface area contributed by atoms with Crippen LogP contribution < -0.4 is 5.32 Å². The number of carbonyl (C=O) groups is 1. The minimum absolute atomic E-state index is 0. The Morgan fingerprint density at radius 1 is 1.67 bits per heavy atom. The van der Waals surface area contributed by atoms with Gasteiger partial charge in [-0.2, -0.15) is 10.1 Å². The molecule has 0 atom stereocenters. The molecule has 0 unspecified atom stereocenters. The molecule has 5 nitrogen and oxygen atoms in total. The van der Waals surface area contributed by atoms with Crippen molar-refractivity contribution in [2.24, 2.45) is 5.92 Å². The smallest absolute Gasteiger partial charge is 0.229 e. The van der Waals surface area contributed by atoms with E-state index in [0.717, 1.165) is 0 Å². The average Bonchev–Trinajstić information content (AvgIpc) is 2.39. The van der Waals surface area contributed by atoms with Crippen LogP contribution in [-0.4, -0.2) is 21.1 Å². The lowest BCUT2D eigenvalue weighted by Crippen LogP contribution is -2.18. The Hall–Kier alpha value is -1.39. The van der Waals surface area contributed by atoms with E-state index in [9.17, 15) is 4.79 Å². The number of hydrogen-bond donors (Lipinski definition) is 2. The van der Waals surface area contributed by atoms with Gasteiger partial charge in [0.1, 0.15) is 6.33 Å². The van der Waals surface area contributed by atoms with Crippen molar-refractivity contribution in [2.75, 3.05) is 5.32 Å². The van der Waals surface area contributed by atoms with E-state index in [1.807, 2.05) is 13.8 Å². The molecule has 1 aromatic heterocycles. The van der Waals surface area contributed by atoms with Gasteiger partial charge in [-0.25, -0.2) is 5.10 Å². The molecule has 0 saturated carbocycles. The number of H-pyrrole nitrogens is 1. The highest BCUT2D eigenvalue weighted by molar-refractivity contribution is 5.90. The van der Waals surface area contributed by atoms with Crippen molar-refractivity contribution in [1.29, 1.82) is 0 Å². The standard InChI is InChI=1S/C6H10N4O.CH4/c1-4(2)5(11)9-6-7-3-8-10-6;/h3-4H,1-2H3,(H2,7,8,9,10,11);1H4. The normalized spacial score (nSPS) is 9.25. The van der Waals surface area contributed by atoms with Crippen LogP contribution in [0, 0.1) is 5.92 Å². The maximum Gasteiger partial charge on any atom is 0.229 e. The van der Waals surface area contributed by atoms with Crippen LogP contribution in [0.1, 0.15) is 21.3 Å². The lowest BCUT2D eigenvalue weighted by atomic mass is 10.2. The third kappa shape index (κ3) is 2.69. The number of nitrogens with zero attached hydrogens (tertiary/aromatic N) is 2. The van der Waals surface area contributed by atoms with Gasteiger partial charge in [0.15, 0.2) is 0 Å². The number of carbonyl (C=O) groups excluding carboxylic acids is 1. The Balaban J connectivity index is 0.00000121. The second-order valence-corrected chi connectivity index (χ2v) is 2.48. The zero-order valence-corrected chi connectivity index (χ0v) is 6.46. The fraction of sp³-hybridized carbons (Fsp3) is 0.571. The summed E-state index contributed by atoms with van der Waals surface area (Å²) in [6.45, 7) is 3.62. The Kier molecular flexibility index (Phi) is 3.96. The summed E-state index contributed by atoms with van der Waals surface area (Å²) < 4.78 is 0. The summed E-state index contributed by atoms with van der Waals surface area (Å²) in [5.41, 5.74) is 0. The third-order valence-electron chi connectivity index (χ3n) is 1.18. The number of anilines is 1. The van der Waals surface area contributed by atoms with Crippen molar-refractivity contribution in [3.05, 3.63) is 6.33 Å². The van der Waals surface area contributed by atoms with Crippen molar-refractivity contribution >= 4 is 11.9 Å². The van der Waals surface area contributed by atoms with Crippen LogP contribution in [0.15, 0.2) is 6.33 Å². The quantitative estimate of drug-likeness (QED) is 0.696. The molecule has 68 valence electrons. The van der Waals surface area contributed by atoms with Crippen LogP contribution in [0.2, 0.25) is 0 Å². The molecule has 0 aliphatic heterocycles. The summed E-state index contributed by atoms with van der Waals surface area (Å²) >= 11 is 0. The van der Waals surface area contributed by atoms with E-state index in [1.54, 1.807) is 0 Å². The van der Waals surface area contributed by atoms with Gasteiger partial charge in [0.2, 0.25) is 11.9 Å². The maximum atomic E-state index is 11.0. The van der Waals surface area contributed by atoms with Crippen molar-refractivity contribution in [1.82, 2.24) is 15.2 Å². The third-order valence-corrected chi connectivity index (χ3v) is 1.18. The molecule has 0 aromatic carbocycles. The summed E-state index contributed by atoms with van der Waals surface area (Å²) in [7, 11) is 0. The SMILES string of the molecule is C.CC(C)C(=O)Nc1ncn[nH]1. The first-order valence-corrected chi connectivity index (χ1v) is 3.36. The molecule has 1 amide bonds. The number of aromatic nitrogens is 3. The lowest BCUT2D eigenvalue weighted by Gasteiger charge is -2.02. The van der Waals surface area contributed by atoms with E-state index in [4.69, 9.17) is 0 Å². The minimum atomic E-state index is -0.0678. The minimum Gasteiger partial charge on any atom is -0.295 e. The van der Waals surface area contributed by atoms with Gasteiger partial charge in [0.25, 0.3) is 0 Å². The summed E-state index contributed by atoms with van der Waals surface area (Å²) in [6.07, 6.45) is 1.34. The summed E-state index contributed by atoms with van der Waals surface area (Å²) in [5.74, 6) is 0.283. The molecule has 5 heteroatoms. The average molecular weight is 170 g/mol. The van der Waals surface area contributed by atoms with Gasteiger partial charge in [-0.3, -0.25) is 10.1 Å². The predicted molar refractivity (Wildman–Crippen MR) is 46.6 cm³/mol. The van der Waals surface area contributed by atoms with Gasteiger partial charge in [-0.05, 0) is 0 Å². The highest BCUT2D eigenvalue weighted by atomic mass is 16.2. The maximum absolute atomic E-state index is 11.0. The van der Waals surface area contributed by atoms with Crippen LogP contribution >= 0.6 is 0 Å². The molecule has 1 heterocycles. The largest absolute Gasteiger partial charge is 0.295 e. The summed E-state index contributed by atoms with van der Waals surface area (Å²) in [6, 6.07) is 0. The number of nitrogens with one attached hydrogen (secondary N) is 2. The van der Waals surface area contributed by atoms with E-state index < -0.39 is 0 Å². The van der Waals surface area contributed by atoms with E-state index >= 15 is 0 Å². The second kappa shape index (κ2) is 4.48. The highest BCUT2D eigenvalue weighted by Crippen LogP contribution is 1.98. The molecular formula is C7H14N4O. The molecule has 1 aromatic rings. The summed E-state index contributed by atoms with van der Waals surface area (Å²) in [4.78, 5) is 14.8. The number of hydrogen-bond acceptors (Lipinski definition) is 3. The second-order valence-electron chi connectivity index (χ2n) is 2.48. The summed E-state index contributed by atoms with van der Waals surface area (Å²) in [5, 5.41) is 8.67. The van der Waals surface area contributed by atoms with Crippen LogP contribution in [-0.2, 0) is 4.79 Å². The first-order valence-electron chi connectivity index (χ1n) is 3.36. The molecule has 0 bridgehead atoms. The topological polar surface area (TPSA) is 70.7 Å².